The SMILES string of the molecule is C[C@@H]1N=C(c2ccccc2)[C@@H]2[C@H](c3ccc([N+](=O)[O-])cc3)N12. The van der Waals surface area contributed by atoms with E-state index in [0.29, 0.717) is 6.04 Å². The maximum Gasteiger partial charge on any atom is 0.269 e. The molecular weight excluding hydrogens is 278 g/mol. The van der Waals surface area contributed by atoms with Crippen molar-refractivity contribution in [1.82, 2.24) is 4.90 Å². The molecule has 0 aliphatic carbocycles. The Labute approximate surface area is 128 Å². The van der Waals surface area contributed by atoms with Crippen molar-refractivity contribution < 1.29 is 4.92 Å². The van der Waals surface area contributed by atoms with Gasteiger partial charge in [-0.15, -0.1) is 0 Å². The van der Waals surface area contributed by atoms with Crippen molar-refractivity contribution in [2.75, 3.05) is 0 Å². The zero-order valence-corrected chi connectivity index (χ0v) is 12.1. The maximum atomic E-state index is 10.8. The second kappa shape index (κ2) is 4.74. The van der Waals surface area contributed by atoms with E-state index >= 15 is 0 Å². The van der Waals surface area contributed by atoms with Gasteiger partial charge in [-0.3, -0.25) is 20.0 Å². The van der Waals surface area contributed by atoms with Crippen LogP contribution in [-0.4, -0.2) is 27.7 Å². The van der Waals surface area contributed by atoms with Gasteiger partial charge in [-0.2, -0.15) is 0 Å². The normalized spacial score (nSPS) is 28.9. The van der Waals surface area contributed by atoms with Crippen LogP contribution >= 0.6 is 0 Å². The van der Waals surface area contributed by atoms with E-state index in [0.717, 1.165) is 16.8 Å². The first-order valence-electron chi connectivity index (χ1n) is 7.32. The Balaban J connectivity index is 1.62. The molecule has 0 saturated carbocycles. The standard InChI is InChI=1S/C17H15N3O2/c1-11-18-15(12-5-3-2-4-6-12)17-16(19(11)17)13-7-9-14(10-8-13)20(21)22/h2-11,16-17H,1H3/t11-,16+,17-,19?/m1/s1. The van der Waals surface area contributed by atoms with Crippen molar-refractivity contribution in [2.45, 2.75) is 25.2 Å². The fraction of sp³-hybridized carbons (Fsp3) is 0.235. The third kappa shape index (κ3) is 1.94. The lowest BCUT2D eigenvalue weighted by Gasteiger charge is -2.09. The molecule has 2 aromatic carbocycles. The Bertz CT molecular complexity index is 755. The molecule has 1 fully saturated rings. The topological polar surface area (TPSA) is 58.5 Å². The fourth-order valence-electron chi connectivity index (χ4n) is 3.35. The molecule has 4 rings (SSSR count). The zero-order valence-electron chi connectivity index (χ0n) is 12.1. The third-order valence-corrected chi connectivity index (χ3v) is 4.40. The van der Waals surface area contributed by atoms with Gasteiger partial charge >= 0.3 is 0 Å². The van der Waals surface area contributed by atoms with E-state index in [9.17, 15) is 10.1 Å². The molecule has 0 bridgehead atoms. The summed E-state index contributed by atoms with van der Waals surface area (Å²) >= 11 is 0. The molecule has 0 amide bonds. The highest BCUT2D eigenvalue weighted by atomic mass is 16.6. The highest BCUT2D eigenvalue weighted by molar-refractivity contribution is 6.08. The van der Waals surface area contributed by atoms with E-state index in [1.54, 1.807) is 12.1 Å². The molecule has 1 unspecified atom stereocenters. The second-order valence-electron chi connectivity index (χ2n) is 5.70. The molecular formula is C17H15N3O2. The lowest BCUT2D eigenvalue weighted by Crippen LogP contribution is -2.09. The van der Waals surface area contributed by atoms with Crippen molar-refractivity contribution in [3.8, 4) is 0 Å². The first-order chi connectivity index (χ1) is 10.7. The first-order valence-corrected chi connectivity index (χ1v) is 7.32. The van der Waals surface area contributed by atoms with Crippen molar-refractivity contribution >= 4 is 11.4 Å². The summed E-state index contributed by atoms with van der Waals surface area (Å²) < 4.78 is 0. The van der Waals surface area contributed by atoms with Crippen LogP contribution in [0.2, 0.25) is 0 Å². The van der Waals surface area contributed by atoms with Crippen molar-refractivity contribution in [3.63, 3.8) is 0 Å². The summed E-state index contributed by atoms with van der Waals surface area (Å²) in [5, 5.41) is 10.8. The largest absolute Gasteiger partial charge is 0.269 e. The molecule has 0 N–H and O–H groups in total. The van der Waals surface area contributed by atoms with Gasteiger partial charge in [0, 0.05) is 12.1 Å². The number of hydrogen-bond donors (Lipinski definition) is 0. The van der Waals surface area contributed by atoms with E-state index < -0.39 is 0 Å². The van der Waals surface area contributed by atoms with Gasteiger partial charge in [0.2, 0.25) is 0 Å². The molecule has 110 valence electrons. The summed E-state index contributed by atoms with van der Waals surface area (Å²) in [6.07, 6.45) is 0.153. The minimum Gasteiger partial charge on any atom is -0.269 e. The predicted octanol–water partition coefficient (Wildman–Crippen LogP) is 3.17. The van der Waals surface area contributed by atoms with Crippen LogP contribution in [-0.2, 0) is 0 Å². The van der Waals surface area contributed by atoms with Gasteiger partial charge in [0.1, 0.15) is 6.17 Å². The Morgan fingerprint density at radius 1 is 1.05 bits per heavy atom. The molecule has 2 aromatic rings. The minimum absolute atomic E-state index is 0.134. The fourth-order valence-corrected chi connectivity index (χ4v) is 3.35. The van der Waals surface area contributed by atoms with Gasteiger partial charge in [-0.1, -0.05) is 42.5 Å². The Hall–Kier alpha value is -2.53. The number of fused-ring (bicyclic) bond motifs is 1. The molecule has 0 spiro atoms. The Kier molecular flexibility index (Phi) is 2.84. The quantitative estimate of drug-likeness (QED) is 0.496. The van der Waals surface area contributed by atoms with Crippen LogP contribution < -0.4 is 0 Å². The maximum absolute atomic E-state index is 10.8. The smallest absolute Gasteiger partial charge is 0.269 e. The summed E-state index contributed by atoms with van der Waals surface area (Å²) in [5.74, 6) is 0. The number of nitro benzene ring substituents is 1. The number of non-ortho nitro benzene ring substituents is 1. The average Bonchev–Trinajstić information content (AvgIpc) is 3.20. The summed E-state index contributed by atoms with van der Waals surface area (Å²) in [6, 6.07) is 17.7. The summed E-state index contributed by atoms with van der Waals surface area (Å²) in [6.45, 7) is 2.09. The summed E-state index contributed by atoms with van der Waals surface area (Å²) in [4.78, 5) is 17.5. The molecule has 2 aliphatic rings. The van der Waals surface area contributed by atoms with Crippen molar-refractivity contribution in [1.29, 1.82) is 0 Å². The molecule has 5 nitrogen and oxygen atoms in total. The number of nitro groups is 1. The highest BCUT2D eigenvalue weighted by Crippen LogP contribution is 2.50. The summed E-state index contributed by atoms with van der Waals surface area (Å²) in [5.41, 5.74) is 3.53. The van der Waals surface area contributed by atoms with Crippen LogP contribution in [0, 0.1) is 10.1 Å². The van der Waals surface area contributed by atoms with E-state index in [-0.39, 0.29) is 22.8 Å². The van der Waals surface area contributed by atoms with Gasteiger partial charge in [-0.25, -0.2) is 0 Å². The molecule has 2 heterocycles. The number of aliphatic imine (C=N–C) groups is 1. The van der Waals surface area contributed by atoms with Gasteiger partial charge in [0.15, 0.2) is 0 Å². The lowest BCUT2D eigenvalue weighted by molar-refractivity contribution is -0.384. The average molecular weight is 293 g/mol. The van der Waals surface area contributed by atoms with Gasteiger partial charge < -0.3 is 0 Å². The van der Waals surface area contributed by atoms with Gasteiger partial charge in [0.25, 0.3) is 5.69 Å². The van der Waals surface area contributed by atoms with Crippen LogP contribution in [0.5, 0.6) is 0 Å². The monoisotopic (exact) mass is 293 g/mol. The van der Waals surface area contributed by atoms with Crippen LogP contribution in [0.15, 0.2) is 59.6 Å². The van der Waals surface area contributed by atoms with Gasteiger partial charge in [-0.05, 0) is 18.1 Å². The van der Waals surface area contributed by atoms with Crippen LogP contribution in [0.3, 0.4) is 0 Å². The minimum atomic E-state index is -0.364. The van der Waals surface area contributed by atoms with E-state index in [4.69, 9.17) is 4.99 Å². The highest BCUT2D eigenvalue weighted by Gasteiger charge is 2.57. The Morgan fingerprint density at radius 3 is 2.36 bits per heavy atom. The molecule has 1 saturated heterocycles. The number of benzene rings is 2. The van der Waals surface area contributed by atoms with Crippen LogP contribution in [0.25, 0.3) is 0 Å². The first kappa shape index (κ1) is 13.2. The van der Waals surface area contributed by atoms with Crippen LogP contribution in [0.4, 0.5) is 5.69 Å². The molecule has 4 atom stereocenters. The third-order valence-electron chi connectivity index (χ3n) is 4.40. The molecule has 0 aromatic heterocycles. The van der Waals surface area contributed by atoms with Crippen molar-refractivity contribution in [3.05, 3.63) is 75.8 Å². The van der Waals surface area contributed by atoms with Crippen molar-refractivity contribution in [2.24, 2.45) is 4.99 Å². The lowest BCUT2D eigenvalue weighted by atomic mass is 10.0. The van der Waals surface area contributed by atoms with E-state index in [2.05, 4.69) is 24.0 Å². The molecule has 5 heteroatoms. The molecule has 0 radical (unpaired) electrons. The van der Waals surface area contributed by atoms with E-state index in [1.165, 1.54) is 0 Å². The Morgan fingerprint density at radius 2 is 1.73 bits per heavy atom. The van der Waals surface area contributed by atoms with Gasteiger partial charge in [0.05, 0.1) is 22.7 Å². The predicted molar refractivity (Wildman–Crippen MR) is 83.9 cm³/mol. The molecule has 22 heavy (non-hydrogen) atoms. The van der Waals surface area contributed by atoms with Crippen LogP contribution in [0.1, 0.15) is 24.1 Å². The number of rotatable bonds is 3. The number of nitrogens with zero attached hydrogens (tertiary/aromatic N) is 3. The summed E-state index contributed by atoms with van der Waals surface area (Å²) in [7, 11) is 0. The number of hydrogen-bond acceptors (Lipinski definition) is 4. The zero-order chi connectivity index (χ0) is 15.3. The van der Waals surface area contributed by atoms with E-state index in [1.807, 2.05) is 30.3 Å². The molecule has 2 aliphatic heterocycles. The second-order valence-corrected chi connectivity index (χ2v) is 5.70.